The number of rotatable bonds is 5. The van der Waals surface area contributed by atoms with Gasteiger partial charge in [0.15, 0.2) is 0 Å². The van der Waals surface area contributed by atoms with Gasteiger partial charge in [-0.05, 0) is 38.6 Å². The molecule has 1 N–H and O–H groups in total. The van der Waals surface area contributed by atoms with Crippen molar-refractivity contribution >= 4 is 0 Å². The van der Waals surface area contributed by atoms with Crippen LogP contribution in [0.4, 0.5) is 0 Å². The van der Waals surface area contributed by atoms with Gasteiger partial charge >= 0.3 is 0 Å². The minimum absolute atomic E-state index is 0.319. The second kappa shape index (κ2) is 7.03. The zero-order valence-electron chi connectivity index (χ0n) is 11.9. The van der Waals surface area contributed by atoms with Gasteiger partial charge in [0, 0.05) is 18.6 Å². The summed E-state index contributed by atoms with van der Waals surface area (Å²) >= 11 is 0. The standard InChI is InChI=1S/C15H28N2/c1-6-10-16-15-9-11-17(13(5)12(15)4)14(7-2)8-3/h2,12-16H,6,8-11H2,1,3-5H3. The zero-order chi connectivity index (χ0) is 12.8. The molecule has 0 aromatic rings. The number of nitrogens with zero attached hydrogens (tertiary/aromatic N) is 1. The predicted octanol–water partition coefficient (Wildman–Crippen LogP) is 2.50. The van der Waals surface area contributed by atoms with Gasteiger partial charge in [0.1, 0.15) is 0 Å². The van der Waals surface area contributed by atoms with Crippen LogP contribution >= 0.6 is 0 Å². The maximum Gasteiger partial charge on any atom is 0.0711 e. The van der Waals surface area contributed by atoms with Gasteiger partial charge in [-0.1, -0.05) is 26.7 Å². The molecule has 2 heteroatoms. The van der Waals surface area contributed by atoms with Gasteiger partial charge in [-0.3, -0.25) is 4.90 Å². The first-order valence-electron chi connectivity index (χ1n) is 7.10. The molecule has 2 nitrogen and oxygen atoms in total. The summed E-state index contributed by atoms with van der Waals surface area (Å²) in [5.74, 6) is 3.61. The maximum atomic E-state index is 5.63. The van der Waals surface area contributed by atoms with Crippen LogP contribution in [0.1, 0.15) is 47.0 Å². The van der Waals surface area contributed by atoms with E-state index in [2.05, 4.69) is 43.8 Å². The highest BCUT2D eigenvalue weighted by Crippen LogP contribution is 2.26. The van der Waals surface area contributed by atoms with Crippen molar-refractivity contribution in [3.8, 4) is 12.3 Å². The van der Waals surface area contributed by atoms with E-state index in [0.717, 1.165) is 19.5 Å². The summed E-state index contributed by atoms with van der Waals surface area (Å²) in [7, 11) is 0. The van der Waals surface area contributed by atoms with Crippen LogP contribution in [0.3, 0.4) is 0 Å². The molecule has 0 aromatic heterocycles. The topological polar surface area (TPSA) is 15.3 Å². The molecular weight excluding hydrogens is 208 g/mol. The molecule has 0 radical (unpaired) electrons. The molecule has 0 aliphatic carbocycles. The lowest BCUT2D eigenvalue weighted by Crippen LogP contribution is -2.56. The van der Waals surface area contributed by atoms with Crippen LogP contribution in [0.5, 0.6) is 0 Å². The number of piperidine rings is 1. The van der Waals surface area contributed by atoms with Crippen molar-refractivity contribution in [3.63, 3.8) is 0 Å². The van der Waals surface area contributed by atoms with Crippen LogP contribution in [0.2, 0.25) is 0 Å². The van der Waals surface area contributed by atoms with Crippen LogP contribution in [-0.2, 0) is 0 Å². The Morgan fingerprint density at radius 1 is 1.41 bits per heavy atom. The van der Waals surface area contributed by atoms with Gasteiger partial charge in [0.05, 0.1) is 6.04 Å². The van der Waals surface area contributed by atoms with Crippen LogP contribution in [0, 0.1) is 18.3 Å². The highest BCUT2D eigenvalue weighted by atomic mass is 15.2. The lowest BCUT2D eigenvalue weighted by molar-refractivity contribution is 0.0643. The van der Waals surface area contributed by atoms with E-state index < -0.39 is 0 Å². The Balaban J connectivity index is 2.59. The molecule has 1 saturated heterocycles. The fourth-order valence-corrected chi connectivity index (χ4v) is 2.90. The summed E-state index contributed by atoms with van der Waals surface area (Å²) in [5, 5.41) is 3.67. The van der Waals surface area contributed by atoms with Gasteiger partial charge in [-0.15, -0.1) is 6.42 Å². The fraction of sp³-hybridized carbons (Fsp3) is 0.867. The molecule has 0 aromatic carbocycles. The van der Waals surface area contributed by atoms with E-state index in [1.54, 1.807) is 0 Å². The average Bonchev–Trinajstić information content (AvgIpc) is 2.35. The van der Waals surface area contributed by atoms with Crippen molar-refractivity contribution in [2.24, 2.45) is 5.92 Å². The van der Waals surface area contributed by atoms with Crippen LogP contribution in [-0.4, -0.2) is 36.1 Å². The van der Waals surface area contributed by atoms with Crippen LogP contribution in [0.25, 0.3) is 0 Å². The molecule has 1 heterocycles. The lowest BCUT2D eigenvalue weighted by Gasteiger charge is -2.45. The van der Waals surface area contributed by atoms with E-state index in [9.17, 15) is 0 Å². The minimum atomic E-state index is 0.319. The van der Waals surface area contributed by atoms with Gasteiger partial charge < -0.3 is 5.32 Å². The van der Waals surface area contributed by atoms with Crippen LogP contribution in [0.15, 0.2) is 0 Å². The maximum absolute atomic E-state index is 5.63. The second-order valence-electron chi connectivity index (χ2n) is 5.28. The first-order valence-corrected chi connectivity index (χ1v) is 7.10. The first-order chi connectivity index (χ1) is 8.15. The molecule has 0 amide bonds. The summed E-state index contributed by atoms with van der Waals surface area (Å²) in [4.78, 5) is 2.51. The minimum Gasteiger partial charge on any atom is -0.314 e. The molecule has 1 aliphatic heterocycles. The van der Waals surface area contributed by atoms with E-state index in [0.29, 0.717) is 24.0 Å². The Morgan fingerprint density at radius 2 is 2.12 bits per heavy atom. The molecule has 1 fully saturated rings. The molecule has 17 heavy (non-hydrogen) atoms. The van der Waals surface area contributed by atoms with Gasteiger partial charge in [-0.2, -0.15) is 0 Å². The van der Waals surface area contributed by atoms with Gasteiger partial charge in [0.2, 0.25) is 0 Å². The number of likely N-dealkylation sites (tertiary alicyclic amines) is 1. The Labute approximate surface area is 107 Å². The quantitative estimate of drug-likeness (QED) is 0.738. The number of hydrogen-bond acceptors (Lipinski definition) is 2. The molecule has 1 rings (SSSR count). The third kappa shape index (κ3) is 3.47. The molecule has 0 spiro atoms. The monoisotopic (exact) mass is 236 g/mol. The molecule has 4 unspecified atom stereocenters. The SMILES string of the molecule is C#CC(CC)N1CCC(NCCC)C(C)C1C. The molecule has 1 aliphatic rings. The van der Waals surface area contributed by atoms with Crippen molar-refractivity contribution in [2.45, 2.75) is 65.1 Å². The Morgan fingerprint density at radius 3 is 2.65 bits per heavy atom. The lowest BCUT2D eigenvalue weighted by atomic mass is 9.85. The highest BCUT2D eigenvalue weighted by Gasteiger charge is 2.34. The van der Waals surface area contributed by atoms with Gasteiger partial charge in [-0.25, -0.2) is 0 Å². The van der Waals surface area contributed by atoms with E-state index in [4.69, 9.17) is 6.42 Å². The van der Waals surface area contributed by atoms with Crippen molar-refractivity contribution in [1.82, 2.24) is 10.2 Å². The van der Waals surface area contributed by atoms with Crippen molar-refractivity contribution < 1.29 is 0 Å². The third-order valence-electron chi connectivity index (χ3n) is 4.25. The van der Waals surface area contributed by atoms with Crippen molar-refractivity contribution in [3.05, 3.63) is 0 Å². The van der Waals surface area contributed by atoms with Crippen molar-refractivity contribution in [2.75, 3.05) is 13.1 Å². The Bertz CT molecular complexity index is 256. The molecular formula is C15H28N2. The summed E-state index contributed by atoms with van der Waals surface area (Å²) in [6.07, 6.45) is 9.12. The van der Waals surface area contributed by atoms with E-state index in [1.807, 2.05) is 0 Å². The largest absolute Gasteiger partial charge is 0.314 e. The van der Waals surface area contributed by atoms with E-state index in [-0.39, 0.29) is 0 Å². The van der Waals surface area contributed by atoms with Gasteiger partial charge in [0.25, 0.3) is 0 Å². The Hall–Kier alpha value is -0.520. The molecule has 0 saturated carbocycles. The third-order valence-corrected chi connectivity index (χ3v) is 4.25. The number of terminal acetylenes is 1. The summed E-state index contributed by atoms with van der Waals surface area (Å²) in [6.45, 7) is 11.4. The summed E-state index contributed by atoms with van der Waals surface area (Å²) in [6, 6.07) is 1.56. The van der Waals surface area contributed by atoms with Crippen molar-refractivity contribution in [1.29, 1.82) is 0 Å². The predicted molar refractivity (Wildman–Crippen MR) is 74.9 cm³/mol. The molecule has 98 valence electrons. The molecule has 0 bridgehead atoms. The van der Waals surface area contributed by atoms with E-state index in [1.165, 1.54) is 12.8 Å². The second-order valence-corrected chi connectivity index (χ2v) is 5.28. The zero-order valence-corrected chi connectivity index (χ0v) is 11.9. The summed E-state index contributed by atoms with van der Waals surface area (Å²) in [5.41, 5.74) is 0. The normalized spacial score (nSPS) is 32.1. The first kappa shape index (κ1) is 14.5. The average molecular weight is 236 g/mol. The number of hydrogen-bond donors (Lipinski definition) is 1. The Kier molecular flexibility index (Phi) is 6.02. The fourth-order valence-electron chi connectivity index (χ4n) is 2.90. The summed E-state index contributed by atoms with van der Waals surface area (Å²) < 4.78 is 0. The van der Waals surface area contributed by atoms with E-state index >= 15 is 0 Å². The van der Waals surface area contributed by atoms with Crippen LogP contribution < -0.4 is 5.32 Å². The molecule has 4 atom stereocenters. The number of nitrogens with one attached hydrogen (secondary N) is 1. The highest BCUT2D eigenvalue weighted by molar-refractivity contribution is 5.03. The smallest absolute Gasteiger partial charge is 0.0711 e.